The predicted octanol–water partition coefficient (Wildman–Crippen LogP) is 2.32. The van der Waals surface area contributed by atoms with Crippen LogP contribution in [0.1, 0.15) is 5.56 Å². The lowest BCUT2D eigenvalue weighted by molar-refractivity contribution is -0.384. The SMILES string of the molecule is COc1cc(/C=C/C(=O)OCC(=O)Nc2cc([N+](=O)[O-])ccc2Cl)ccc1OCC(N)=O. The second-order valence-electron chi connectivity index (χ2n) is 6.08. The van der Waals surface area contributed by atoms with Gasteiger partial charge in [-0.15, -0.1) is 0 Å². The predicted molar refractivity (Wildman–Crippen MR) is 114 cm³/mol. The Bertz CT molecular complexity index is 1070. The van der Waals surface area contributed by atoms with Crippen LogP contribution >= 0.6 is 11.6 Å². The lowest BCUT2D eigenvalue weighted by atomic mass is 10.2. The van der Waals surface area contributed by atoms with Crippen molar-refractivity contribution in [3.63, 3.8) is 0 Å². The molecule has 0 saturated carbocycles. The van der Waals surface area contributed by atoms with Gasteiger partial charge in [-0.2, -0.15) is 0 Å². The van der Waals surface area contributed by atoms with Crippen molar-refractivity contribution < 1.29 is 33.5 Å². The van der Waals surface area contributed by atoms with E-state index in [0.29, 0.717) is 17.1 Å². The van der Waals surface area contributed by atoms with Crippen molar-refractivity contribution in [2.75, 3.05) is 25.6 Å². The van der Waals surface area contributed by atoms with Gasteiger partial charge in [0, 0.05) is 18.2 Å². The molecule has 0 radical (unpaired) electrons. The lowest BCUT2D eigenvalue weighted by Crippen LogP contribution is -2.20. The highest BCUT2D eigenvalue weighted by molar-refractivity contribution is 6.33. The largest absolute Gasteiger partial charge is 0.493 e. The van der Waals surface area contributed by atoms with Crippen molar-refractivity contribution in [1.29, 1.82) is 0 Å². The van der Waals surface area contributed by atoms with E-state index in [9.17, 15) is 24.5 Å². The number of carbonyl (C=O) groups is 3. The summed E-state index contributed by atoms with van der Waals surface area (Å²) >= 11 is 5.90. The van der Waals surface area contributed by atoms with Gasteiger partial charge >= 0.3 is 5.97 Å². The number of methoxy groups -OCH3 is 1. The smallest absolute Gasteiger partial charge is 0.331 e. The third kappa shape index (κ3) is 7.29. The Morgan fingerprint density at radius 2 is 1.91 bits per heavy atom. The van der Waals surface area contributed by atoms with Gasteiger partial charge in [0.2, 0.25) is 0 Å². The second-order valence-corrected chi connectivity index (χ2v) is 6.48. The van der Waals surface area contributed by atoms with E-state index in [1.54, 1.807) is 12.1 Å². The first kappa shape index (κ1) is 24.2. The summed E-state index contributed by atoms with van der Waals surface area (Å²) in [7, 11) is 1.40. The summed E-state index contributed by atoms with van der Waals surface area (Å²) in [6, 6.07) is 8.22. The lowest BCUT2D eigenvalue weighted by Gasteiger charge is -2.10. The zero-order chi connectivity index (χ0) is 23.7. The maximum atomic E-state index is 12.0. The number of benzene rings is 2. The summed E-state index contributed by atoms with van der Waals surface area (Å²) in [6.45, 7) is -0.952. The van der Waals surface area contributed by atoms with Gasteiger partial charge in [0.05, 0.1) is 22.7 Å². The van der Waals surface area contributed by atoms with Gasteiger partial charge in [0.25, 0.3) is 17.5 Å². The van der Waals surface area contributed by atoms with E-state index in [1.807, 2.05) is 0 Å². The van der Waals surface area contributed by atoms with Crippen LogP contribution in [0.5, 0.6) is 11.5 Å². The summed E-state index contributed by atoms with van der Waals surface area (Å²) in [5.41, 5.74) is 5.34. The molecule has 2 aromatic carbocycles. The topological polar surface area (TPSA) is 160 Å². The van der Waals surface area contributed by atoms with Crippen LogP contribution in [0.3, 0.4) is 0 Å². The van der Waals surface area contributed by atoms with Gasteiger partial charge in [-0.1, -0.05) is 17.7 Å². The summed E-state index contributed by atoms with van der Waals surface area (Å²) in [5, 5.41) is 13.2. The molecule has 0 bridgehead atoms. The number of halogens is 1. The van der Waals surface area contributed by atoms with E-state index in [-0.39, 0.29) is 23.0 Å². The molecule has 2 aromatic rings. The highest BCUT2D eigenvalue weighted by Crippen LogP contribution is 2.29. The van der Waals surface area contributed by atoms with E-state index in [1.165, 1.54) is 31.4 Å². The molecule has 2 amide bonds. The summed E-state index contributed by atoms with van der Waals surface area (Å²) in [6.07, 6.45) is 2.50. The molecule has 3 N–H and O–H groups in total. The number of nitrogens with one attached hydrogen (secondary N) is 1. The minimum atomic E-state index is -0.807. The Morgan fingerprint density at radius 3 is 2.56 bits per heavy atom. The number of amides is 2. The number of nitrogens with two attached hydrogens (primary N) is 1. The molecule has 12 heteroatoms. The molecule has 0 aliphatic rings. The number of ether oxygens (including phenoxy) is 3. The van der Waals surface area contributed by atoms with E-state index in [0.717, 1.165) is 12.1 Å². The first-order chi connectivity index (χ1) is 15.2. The maximum Gasteiger partial charge on any atom is 0.331 e. The zero-order valence-corrected chi connectivity index (χ0v) is 17.5. The van der Waals surface area contributed by atoms with Gasteiger partial charge in [0.1, 0.15) is 0 Å². The first-order valence-electron chi connectivity index (χ1n) is 8.87. The van der Waals surface area contributed by atoms with Gasteiger partial charge in [-0.05, 0) is 29.8 Å². The third-order valence-corrected chi connectivity index (χ3v) is 4.08. The van der Waals surface area contributed by atoms with Crippen LogP contribution in [-0.2, 0) is 19.1 Å². The minimum Gasteiger partial charge on any atom is -0.493 e. The Hall–Kier alpha value is -4.12. The number of nitro groups is 1. The van der Waals surface area contributed by atoms with E-state index in [4.69, 9.17) is 31.5 Å². The van der Waals surface area contributed by atoms with Crippen LogP contribution in [0, 0.1) is 10.1 Å². The van der Waals surface area contributed by atoms with E-state index >= 15 is 0 Å². The highest BCUT2D eigenvalue weighted by Gasteiger charge is 2.13. The molecule has 2 rings (SSSR count). The molecule has 168 valence electrons. The molecule has 0 unspecified atom stereocenters. The van der Waals surface area contributed by atoms with Crippen molar-refractivity contribution in [1.82, 2.24) is 0 Å². The van der Waals surface area contributed by atoms with Crippen LogP contribution in [0.15, 0.2) is 42.5 Å². The number of rotatable bonds is 10. The molecule has 0 atom stereocenters. The van der Waals surface area contributed by atoms with Crippen molar-refractivity contribution in [3.8, 4) is 11.5 Å². The van der Waals surface area contributed by atoms with Gasteiger partial charge < -0.3 is 25.3 Å². The molecular formula is C20H18ClN3O8. The van der Waals surface area contributed by atoms with Crippen molar-refractivity contribution >= 4 is 46.8 Å². The molecule has 0 aliphatic heterocycles. The summed E-state index contributed by atoms with van der Waals surface area (Å²) in [5.74, 6) is -1.57. The number of primary amides is 1. The molecule has 0 heterocycles. The van der Waals surface area contributed by atoms with Crippen LogP contribution < -0.4 is 20.5 Å². The number of carbonyl (C=O) groups excluding carboxylic acids is 3. The number of nitro benzene ring substituents is 1. The molecule has 0 spiro atoms. The second kappa shape index (κ2) is 11.3. The fourth-order valence-electron chi connectivity index (χ4n) is 2.31. The van der Waals surface area contributed by atoms with Gasteiger partial charge in [-0.3, -0.25) is 19.7 Å². The molecule has 32 heavy (non-hydrogen) atoms. The molecular weight excluding hydrogens is 446 g/mol. The number of hydrogen-bond donors (Lipinski definition) is 2. The molecule has 0 aromatic heterocycles. The number of nitrogens with zero attached hydrogens (tertiary/aromatic N) is 1. The third-order valence-electron chi connectivity index (χ3n) is 3.75. The Labute approximate surface area is 186 Å². The highest BCUT2D eigenvalue weighted by atomic mass is 35.5. The molecule has 0 saturated heterocycles. The fourth-order valence-corrected chi connectivity index (χ4v) is 2.48. The van der Waals surface area contributed by atoms with Gasteiger partial charge in [0.15, 0.2) is 24.7 Å². The molecule has 0 aliphatic carbocycles. The minimum absolute atomic E-state index is 0.0168. The average molecular weight is 464 g/mol. The number of anilines is 1. The summed E-state index contributed by atoms with van der Waals surface area (Å²) < 4.78 is 15.2. The Kier molecular flexibility index (Phi) is 8.54. The number of hydrogen-bond acceptors (Lipinski definition) is 8. The van der Waals surface area contributed by atoms with Crippen molar-refractivity contribution in [2.24, 2.45) is 5.73 Å². The monoisotopic (exact) mass is 463 g/mol. The van der Waals surface area contributed by atoms with Crippen LogP contribution in [0.2, 0.25) is 5.02 Å². The molecule has 11 nitrogen and oxygen atoms in total. The van der Waals surface area contributed by atoms with Crippen LogP contribution in [0.25, 0.3) is 6.08 Å². The van der Waals surface area contributed by atoms with Crippen molar-refractivity contribution in [2.45, 2.75) is 0 Å². The van der Waals surface area contributed by atoms with Gasteiger partial charge in [-0.25, -0.2) is 4.79 Å². The number of non-ortho nitro benzene ring substituents is 1. The zero-order valence-electron chi connectivity index (χ0n) is 16.7. The Morgan fingerprint density at radius 1 is 1.16 bits per heavy atom. The Balaban J connectivity index is 1.92. The maximum absolute atomic E-state index is 12.0. The molecule has 0 fully saturated rings. The normalized spacial score (nSPS) is 10.4. The summed E-state index contributed by atoms with van der Waals surface area (Å²) in [4.78, 5) is 44.8. The van der Waals surface area contributed by atoms with Crippen LogP contribution in [-0.4, -0.2) is 43.0 Å². The quantitative estimate of drug-likeness (QED) is 0.235. The van der Waals surface area contributed by atoms with Crippen molar-refractivity contribution in [3.05, 3.63) is 63.2 Å². The first-order valence-corrected chi connectivity index (χ1v) is 9.25. The average Bonchev–Trinajstić information content (AvgIpc) is 2.76. The fraction of sp³-hybridized carbons (Fsp3) is 0.150. The van der Waals surface area contributed by atoms with E-state index < -0.39 is 29.3 Å². The van der Waals surface area contributed by atoms with E-state index in [2.05, 4.69) is 5.32 Å². The standard InChI is InChI=1S/C20H18ClN3O8/c1-30-17-8-12(2-6-16(17)31-10-18(22)25)3-7-20(27)32-11-19(26)23-15-9-13(24(28)29)4-5-14(15)21/h2-9H,10-11H2,1H3,(H2,22,25)(H,23,26)/b7-3+. The van der Waals surface area contributed by atoms with Crippen LogP contribution in [0.4, 0.5) is 11.4 Å². The number of esters is 1.